The first-order valence-corrected chi connectivity index (χ1v) is 9.58. The van der Waals surface area contributed by atoms with E-state index in [1.807, 2.05) is 36.4 Å². The van der Waals surface area contributed by atoms with Gasteiger partial charge in [0.25, 0.3) is 0 Å². The second-order valence-electron chi connectivity index (χ2n) is 5.49. The maximum absolute atomic E-state index is 12.0. The van der Waals surface area contributed by atoms with Crippen LogP contribution in [0, 0.1) is 0 Å². The van der Waals surface area contributed by atoms with Crippen LogP contribution >= 0.6 is 23.5 Å². The zero-order valence-electron chi connectivity index (χ0n) is 12.9. The number of nitrogens with zero attached hydrogens (tertiary/aromatic N) is 1. The minimum atomic E-state index is -0.00123. The fourth-order valence-corrected chi connectivity index (χ4v) is 4.22. The van der Waals surface area contributed by atoms with E-state index in [-0.39, 0.29) is 5.12 Å². The third kappa shape index (κ3) is 4.52. The predicted octanol–water partition coefficient (Wildman–Crippen LogP) is 4.90. The molecule has 0 aromatic heterocycles. The van der Waals surface area contributed by atoms with Gasteiger partial charge in [-0.25, -0.2) is 4.99 Å². The Balaban J connectivity index is 1.72. The van der Waals surface area contributed by atoms with Crippen LogP contribution in [0.5, 0.6) is 5.75 Å². The highest BCUT2D eigenvalue weighted by Crippen LogP contribution is 2.31. The van der Waals surface area contributed by atoms with Crippen LogP contribution in [0.2, 0.25) is 0 Å². The van der Waals surface area contributed by atoms with Crippen molar-refractivity contribution in [2.45, 2.75) is 31.8 Å². The molecule has 1 aliphatic heterocycles. The maximum Gasteiger partial charge on any atom is 0.244 e. The highest BCUT2D eigenvalue weighted by molar-refractivity contribution is 8.45. The van der Waals surface area contributed by atoms with E-state index >= 15 is 0 Å². The van der Waals surface area contributed by atoms with Crippen molar-refractivity contribution in [3.8, 4) is 5.75 Å². The first-order chi connectivity index (χ1) is 11.2. The van der Waals surface area contributed by atoms with E-state index in [0.717, 1.165) is 34.3 Å². The Morgan fingerprint density at radius 3 is 3.00 bits per heavy atom. The molecule has 23 heavy (non-hydrogen) atoms. The monoisotopic (exact) mass is 345 g/mol. The first kappa shape index (κ1) is 16.4. The Kier molecular flexibility index (Phi) is 5.62. The Morgan fingerprint density at radius 1 is 1.39 bits per heavy atom. The standard InChI is InChI=1S/C18H19NO2S2/c1-2-10-22-18-19-16(17(20)23-18)12-13-6-5-9-15(11-13)21-14-7-3-4-8-14/h2,5-6,9,11-12,14H,1,3-4,7-8,10H2/b16-12-. The van der Waals surface area contributed by atoms with Crippen molar-refractivity contribution < 1.29 is 9.53 Å². The lowest BCUT2D eigenvalue weighted by Crippen LogP contribution is -2.10. The minimum absolute atomic E-state index is 0.00123. The number of ether oxygens (including phenoxy) is 1. The molecule has 1 aliphatic carbocycles. The molecular formula is C18H19NO2S2. The van der Waals surface area contributed by atoms with Gasteiger partial charge < -0.3 is 4.74 Å². The number of carbonyl (C=O) groups excluding carboxylic acids is 1. The van der Waals surface area contributed by atoms with Gasteiger partial charge in [0.1, 0.15) is 15.8 Å². The molecule has 0 N–H and O–H groups in total. The molecule has 120 valence electrons. The van der Waals surface area contributed by atoms with Gasteiger partial charge in [-0.15, -0.1) is 6.58 Å². The zero-order chi connectivity index (χ0) is 16.1. The van der Waals surface area contributed by atoms with Gasteiger partial charge in [-0.3, -0.25) is 4.79 Å². The van der Waals surface area contributed by atoms with Crippen LogP contribution in [0.25, 0.3) is 6.08 Å². The quantitative estimate of drug-likeness (QED) is 0.562. The average Bonchev–Trinajstić information content (AvgIpc) is 3.16. The fourth-order valence-electron chi connectivity index (χ4n) is 2.62. The number of thioether (sulfide) groups is 2. The predicted molar refractivity (Wildman–Crippen MR) is 100.0 cm³/mol. The second-order valence-corrected chi connectivity index (χ2v) is 7.72. The lowest BCUT2D eigenvalue weighted by atomic mass is 10.2. The molecule has 3 rings (SSSR count). The van der Waals surface area contributed by atoms with Crippen LogP contribution in [0.3, 0.4) is 0 Å². The van der Waals surface area contributed by atoms with Crippen LogP contribution in [0.4, 0.5) is 0 Å². The molecular weight excluding hydrogens is 326 g/mol. The molecule has 1 aromatic rings. The van der Waals surface area contributed by atoms with Gasteiger partial charge in [-0.1, -0.05) is 30.0 Å². The first-order valence-electron chi connectivity index (χ1n) is 7.77. The summed E-state index contributed by atoms with van der Waals surface area (Å²) in [6, 6.07) is 7.88. The van der Waals surface area contributed by atoms with Crippen LogP contribution < -0.4 is 4.74 Å². The van der Waals surface area contributed by atoms with Gasteiger partial charge in [0.05, 0.1) is 6.10 Å². The molecule has 1 fully saturated rings. The molecule has 0 atom stereocenters. The van der Waals surface area contributed by atoms with Crippen molar-refractivity contribution in [1.82, 2.24) is 0 Å². The van der Waals surface area contributed by atoms with Crippen molar-refractivity contribution in [3.63, 3.8) is 0 Å². The lowest BCUT2D eigenvalue weighted by molar-refractivity contribution is -0.107. The second kappa shape index (κ2) is 7.88. The maximum atomic E-state index is 12.0. The zero-order valence-corrected chi connectivity index (χ0v) is 14.5. The van der Waals surface area contributed by atoms with E-state index in [2.05, 4.69) is 11.6 Å². The van der Waals surface area contributed by atoms with Gasteiger partial charge in [0, 0.05) is 5.75 Å². The number of aliphatic imine (C=N–C) groups is 1. The van der Waals surface area contributed by atoms with E-state index in [0.29, 0.717) is 11.8 Å². The summed E-state index contributed by atoms with van der Waals surface area (Å²) >= 11 is 2.73. The molecule has 1 aromatic carbocycles. The highest BCUT2D eigenvalue weighted by atomic mass is 32.2. The van der Waals surface area contributed by atoms with Gasteiger partial charge in [-0.2, -0.15) is 0 Å². The van der Waals surface area contributed by atoms with Crippen molar-refractivity contribution in [2.75, 3.05) is 5.75 Å². The molecule has 1 heterocycles. The molecule has 0 bridgehead atoms. The van der Waals surface area contributed by atoms with Crippen molar-refractivity contribution in [1.29, 1.82) is 0 Å². The molecule has 0 saturated heterocycles. The topological polar surface area (TPSA) is 38.7 Å². The summed E-state index contributed by atoms with van der Waals surface area (Å²) in [5, 5.41) is -0.00123. The summed E-state index contributed by atoms with van der Waals surface area (Å²) < 4.78 is 6.80. The number of carbonyl (C=O) groups is 1. The van der Waals surface area contributed by atoms with Crippen molar-refractivity contribution in [2.24, 2.45) is 4.99 Å². The molecule has 5 heteroatoms. The van der Waals surface area contributed by atoms with Crippen molar-refractivity contribution >= 4 is 39.1 Å². The SMILES string of the molecule is C=CCSC1=N/C(=C\c2cccc(OC3CCCC3)c2)C(=O)S1. The van der Waals surface area contributed by atoms with E-state index in [1.54, 1.807) is 0 Å². The Labute approximate surface area is 145 Å². The highest BCUT2D eigenvalue weighted by Gasteiger charge is 2.22. The van der Waals surface area contributed by atoms with Crippen LogP contribution in [0.1, 0.15) is 31.2 Å². The van der Waals surface area contributed by atoms with E-state index in [1.165, 1.54) is 36.4 Å². The Morgan fingerprint density at radius 2 is 2.22 bits per heavy atom. The van der Waals surface area contributed by atoms with Crippen LogP contribution in [-0.2, 0) is 4.79 Å². The third-order valence-corrected chi connectivity index (χ3v) is 5.70. The summed E-state index contributed by atoms with van der Waals surface area (Å²) in [6.45, 7) is 3.68. The van der Waals surface area contributed by atoms with Crippen molar-refractivity contribution in [3.05, 3.63) is 48.2 Å². The molecule has 0 amide bonds. The summed E-state index contributed by atoms with van der Waals surface area (Å²) in [5.74, 6) is 1.63. The van der Waals surface area contributed by atoms with Gasteiger partial charge in [-0.05, 0) is 61.2 Å². The Bertz CT molecular complexity index is 661. The van der Waals surface area contributed by atoms with E-state index < -0.39 is 0 Å². The smallest absolute Gasteiger partial charge is 0.244 e. The summed E-state index contributed by atoms with van der Waals surface area (Å²) in [5.41, 5.74) is 1.45. The van der Waals surface area contributed by atoms with Gasteiger partial charge in [0.15, 0.2) is 0 Å². The average molecular weight is 345 g/mol. The molecule has 0 radical (unpaired) electrons. The third-order valence-electron chi connectivity index (χ3n) is 3.69. The summed E-state index contributed by atoms with van der Waals surface area (Å²) in [4.78, 5) is 16.4. The van der Waals surface area contributed by atoms with Gasteiger partial charge >= 0.3 is 0 Å². The summed E-state index contributed by atoms with van der Waals surface area (Å²) in [7, 11) is 0. The molecule has 1 saturated carbocycles. The number of benzene rings is 1. The molecule has 3 nitrogen and oxygen atoms in total. The molecule has 2 aliphatic rings. The molecule has 0 unspecified atom stereocenters. The van der Waals surface area contributed by atoms with E-state index in [9.17, 15) is 4.79 Å². The normalized spacial score (nSPS) is 20.1. The molecule has 0 spiro atoms. The minimum Gasteiger partial charge on any atom is -0.490 e. The number of hydrogen-bond donors (Lipinski definition) is 0. The summed E-state index contributed by atoms with van der Waals surface area (Å²) in [6.07, 6.45) is 8.74. The largest absolute Gasteiger partial charge is 0.490 e. The van der Waals surface area contributed by atoms with E-state index in [4.69, 9.17) is 4.74 Å². The Hall–Kier alpha value is -1.46. The number of rotatable bonds is 5. The fraction of sp³-hybridized carbons (Fsp3) is 0.333. The van der Waals surface area contributed by atoms with Crippen LogP contribution in [0.15, 0.2) is 47.6 Å². The lowest BCUT2D eigenvalue weighted by Gasteiger charge is -2.13. The number of hydrogen-bond acceptors (Lipinski definition) is 5. The van der Waals surface area contributed by atoms with Gasteiger partial charge in [0.2, 0.25) is 5.12 Å². The van der Waals surface area contributed by atoms with Crippen LogP contribution in [-0.4, -0.2) is 21.3 Å².